The number of nitrogens with zero attached hydrogens (tertiary/aromatic N) is 2. The molecular weight excluding hydrogens is 311 g/mol. The topological polar surface area (TPSA) is 70.1 Å². The fourth-order valence-electron chi connectivity index (χ4n) is 1.89. The lowest BCUT2D eigenvalue weighted by Crippen LogP contribution is -2.09. The van der Waals surface area contributed by atoms with E-state index in [-0.39, 0.29) is 11.4 Å². The molecule has 5 nitrogen and oxygen atoms in total. The summed E-state index contributed by atoms with van der Waals surface area (Å²) < 4.78 is 45.7. The van der Waals surface area contributed by atoms with Gasteiger partial charge in [-0.3, -0.25) is 4.79 Å². The van der Waals surface area contributed by atoms with Gasteiger partial charge in [0.15, 0.2) is 5.69 Å². The van der Waals surface area contributed by atoms with Crippen LogP contribution in [0.1, 0.15) is 16.8 Å². The first-order chi connectivity index (χ1) is 10.7. The van der Waals surface area contributed by atoms with E-state index in [0.717, 1.165) is 22.4 Å². The second-order valence-electron chi connectivity index (χ2n) is 4.84. The van der Waals surface area contributed by atoms with Crippen LogP contribution in [-0.4, -0.2) is 15.7 Å². The molecule has 2 aromatic rings. The molecule has 1 heterocycles. The highest BCUT2D eigenvalue weighted by Crippen LogP contribution is 2.37. The number of benzene rings is 1. The summed E-state index contributed by atoms with van der Waals surface area (Å²) in [7, 11) is 1.32. The van der Waals surface area contributed by atoms with Crippen molar-refractivity contribution in [3.63, 3.8) is 0 Å². The lowest BCUT2D eigenvalue weighted by molar-refractivity contribution is -0.141. The summed E-state index contributed by atoms with van der Waals surface area (Å²) in [6, 6.07) is 6.76. The van der Waals surface area contributed by atoms with Crippen molar-refractivity contribution in [1.29, 1.82) is 0 Å². The molecule has 2 N–H and O–H groups in total. The Balaban J connectivity index is 2.50. The van der Waals surface area contributed by atoms with Crippen LogP contribution in [0.2, 0.25) is 0 Å². The predicted molar refractivity (Wildman–Crippen MR) is 77.7 cm³/mol. The number of alkyl halides is 3. The number of hydrogen-bond acceptors (Lipinski definition) is 3. The smallest absolute Gasteiger partial charge is 0.435 e. The Morgan fingerprint density at radius 2 is 1.91 bits per heavy atom. The first-order valence-corrected chi connectivity index (χ1v) is 6.54. The van der Waals surface area contributed by atoms with Crippen LogP contribution in [0, 0.1) is 6.92 Å². The van der Waals surface area contributed by atoms with Gasteiger partial charge in [-0.1, -0.05) is 17.7 Å². The highest BCUT2D eigenvalue weighted by Gasteiger charge is 2.38. The molecule has 0 radical (unpaired) electrons. The fraction of sp³-hybridized carbons (Fsp3) is 0.200. The Labute approximate surface area is 130 Å². The maximum Gasteiger partial charge on any atom is 0.435 e. The first kappa shape index (κ1) is 16.6. The third kappa shape index (κ3) is 3.91. The Hall–Kier alpha value is -2.77. The van der Waals surface area contributed by atoms with Crippen molar-refractivity contribution in [3.05, 3.63) is 47.2 Å². The molecule has 0 bridgehead atoms. The molecule has 0 aliphatic heterocycles. The van der Waals surface area contributed by atoms with Crippen molar-refractivity contribution in [2.24, 2.45) is 12.8 Å². The number of rotatable bonds is 4. The number of primary amides is 1. The molecule has 0 fully saturated rings. The third-order valence-electron chi connectivity index (χ3n) is 2.95. The number of nitrogens with two attached hydrogens (primary N) is 1. The molecular formula is C15H14F3N3O2. The lowest BCUT2D eigenvalue weighted by atomic mass is 10.2. The van der Waals surface area contributed by atoms with E-state index in [0.29, 0.717) is 5.75 Å². The van der Waals surface area contributed by atoms with Gasteiger partial charge in [0.05, 0.1) is 5.56 Å². The summed E-state index contributed by atoms with van der Waals surface area (Å²) in [6.07, 6.45) is -2.92. The second-order valence-corrected chi connectivity index (χ2v) is 4.84. The second kappa shape index (κ2) is 6.15. The van der Waals surface area contributed by atoms with Crippen molar-refractivity contribution in [2.45, 2.75) is 13.1 Å². The highest BCUT2D eigenvalue weighted by atomic mass is 19.4. The Morgan fingerprint density at radius 3 is 2.43 bits per heavy atom. The Bertz CT molecular complexity index is 747. The fourth-order valence-corrected chi connectivity index (χ4v) is 1.89. The van der Waals surface area contributed by atoms with Gasteiger partial charge in [0.1, 0.15) is 5.75 Å². The molecule has 23 heavy (non-hydrogen) atoms. The van der Waals surface area contributed by atoms with Crippen LogP contribution in [0.3, 0.4) is 0 Å². The number of carbonyl (C=O) groups excluding carboxylic acids is 1. The van der Waals surface area contributed by atoms with E-state index in [9.17, 15) is 18.0 Å². The standard InChI is InChI=1S/C15H14F3N3O2/c1-9-3-5-10(6-4-9)23-14-11(7-8-12(19)22)13(15(16,17)18)20-21(14)2/h3-8H,1-2H3,(H2,19,22)/b8-7+. The van der Waals surface area contributed by atoms with Gasteiger partial charge < -0.3 is 10.5 Å². The van der Waals surface area contributed by atoms with Gasteiger partial charge in [-0.25, -0.2) is 4.68 Å². The normalized spacial score (nSPS) is 11.9. The average Bonchev–Trinajstić information content (AvgIpc) is 2.76. The third-order valence-corrected chi connectivity index (χ3v) is 2.95. The minimum Gasteiger partial charge on any atom is -0.439 e. The molecule has 0 atom stereocenters. The van der Waals surface area contributed by atoms with Gasteiger partial charge in [-0.15, -0.1) is 0 Å². The minimum atomic E-state index is -4.69. The van der Waals surface area contributed by atoms with Crippen molar-refractivity contribution >= 4 is 12.0 Å². The number of halogens is 3. The van der Waals surface area contributed by atoms with Gasteiger partial charge in [-0.2, -0.15) is 18.3 Å². The zero-order chi connectivity index (χ0) is 17.2. The minimum absolute atomic E-state index is 0.140. The van der Waals surface area contributed by atoms with Crippen LogP contribution >= 0.6 is 0 Å². The largest absolute Gasteiger partial charge is 0.439 e. The quantitative estimate of drug-likeness (QED) is 0.878. The van der Waals surface area contributed by atoms with Crippen molar-refractivity contribution in [2.75, 3.05) is 0 Å². The number of hydrogen-bond donors (Lipinski definition) is 1. The number of ether oxygens (including phenoxy) is 1. The molecule has 0 saturated carbocycles. The summed E-state index contributed by atoms with van der Waals surface area (Å²) in [5.74, 6) is -0.664. The van der Waals surface area contributed by atoms with Crippen LogP contribution in [0.15, 0.2) is 30.3 Å². The molecule has 0 saturated heterocycles. The van der Waals surface area contributed by atoms with Crippen molar-refractivity contribution in [1.82, 2.24) is 9.78 Å². The highest BCUT2D eigenvalue weighted by molar-refractivity contribution is 5.90. The zero-order valence-electron chi connectivity index (χ0n) is 12.4. The van der Waals surface area contributed by atoms with Gasteiger partial charge in [0.25, 0.3) is 0 Å². The molecule has 1 aromatic carbocycles. The van der Waals surface area contributed by atoms with E-state index >= 15 is 0 Å². The number of carbonyl (C=O) groups is 1. The van der Waals surface area contributed by atoms with E-state index in [2.05, 4.69) is 5.10 Å². The maximum atomic E-state index is 13.1. The maximum absolute atomic E-state index is 13.1. The monoisotopic (exact) mass is 325 g/mol. The summed E-state index contributed by atoms with van der Waals surface area (Å²) in [5, 5.41) is 3.44. The number of amides is 1. The Morgan fingerprint density at radius 1 is 1.30 bits per heavy atom. The van der Waals surface area contributed by atoms with E-state index in [4.69, 9.17) is 10.5 Å². The Kier molecular flexibility index (Phi) is 4.44. The van der Waals surface area contributed by atoms with Crippen LogP contribution in [0.5, 0.6) is 11.6 Å². The van der Waals surface area contributed by atoms with E-state index in [1.165, 1.54) is 7.05 Å². The van der Waals surface area contributed by atoms with Gasteiger partial charge in [0, 0.05) is 13.1 Å². The summed E-state index contributed by atoms with van der Waals surface area (Å²) in [5.41, 5.74) is 4.41. The lowest BCUT2D eigenvalue weighted by Gasteiger charge is -2.08. The summed E-state index contributed by atoms with van der Waals surface area (Å²) in [6.45, 7) is 1.87. The number of aryl methyl sites for hydroxylation is 2. The van der Waals surface area contributed by atoms with Gasteiger partial charge >= 0.3 is 6.18 Å². The van der Waals surface area contributed by atoms with Crippen molar-refractivity contribution < 1.29 is 22.7 Å². The van der Waals surface area contributed by atoms with E-state index in [1.54, 1.807) is 24.3 Å². The molecule has 122 valence electrons. The van der Waals surface area contributed by atoms with E-state index < -0.39 is 17.8 Å². The van der Waals surface area contributed by atoms with Gasteiger partial charge in [0.2, 0.25) is 11.8 Å². The predicted octanol–water partition coefficient (Wildman–Crippen LogP) is 3.04. The molecule has 1 aromatic heterocycles. The molecule has 8 heteroatoms. The average molecular weight is 325 g/mol. The summed E-state index contributed by atoms with van der Waals surface area (Å²) in [4.78, 5) is 10.8. The van der Waals surface area contributed by atoms with Crippen LogP contribution in [-0.2, 0) is 18.0 Å². The molecule has 2 rings (SSSR count). The van der Waals surface area contributed by atoms with E-state index in [1.807, 2.05) is 6.92 Å². The van der Waals surface area contributed by atoms with Crippen LogP contribution in [0.4, 0.5) is 13.2 Å². The molecule has 0 spiro atoms. The molecule has 0 unspecified atom stereocenters. The van der Waals surface area contributed by atoms with Gasteiger partial charge in [-0.05, 0) is 25.1 Å². The first-order valence-electron chi connectivity index (χ1n) is 6.54. The van der Waals surface area contributed by atoms with Crippen molar-refractivity contribution in [3.8, 4) is 11.6 Å². The zero-order valence-corrected chi connectivity index (χ0v) is 12.4. The number of aromatic nitrogens is 2. The summed E-state index contributed by atoms with van der Waals surface area (Å²) >= 11 is 0. The molecule has 0 aliphatic carbocycles. The SMILES string of the molecule is Cc1ccc(Oc2c(/C=C/C(N)=O)c(C(F)(F)F)nn2C)cc1. The van der Waals surface area contributed by atoms with Crippen LogP contribution < -0.4 is 10.5 Å². The van der Waals surface area contributed by atoms with Crippen LogP contribution in [0.25, 0.3) is 6.08 Å². The molecule has 1 amide bonds. The molecule has 0 aliphatic rings.